The molecule has 0 radical (unpaired) electrons. The summed E-state index contributed by atoms with van der Waals surface area (Å²) in [6, 6.07) is 3.33. The molecular formula is C8H9FN2. The van der Waals surface area contributed by atoms with E-state index in [4.69, 9.17) is 5.73 Å². The minimum atomic E-state index is -0.461. The van der Waals surface area contributed by atoms with Crippen LogP contribution in [-0.4, -0.2) is 11.5 Å². The number of nitrogens with two attached hydrogens (primary N) is 1. The SMILES string of the molecule is NCC=Cc1cccnc1F. The van der Waals surface area contributed by atoms with Crippen LogP contribution in [0, 0.1) is 5.95 Å². The Balaban J connectivity index is 2.86. The number of rotatable bonds is 2. The summed E-state index contributed by atoms with van der Waals surface area (Å²) in [6.07, 6.45) is 4.71. The maximum absolute atomic E-state index is 12.7. The van der Waals surface area contributed by atoms with Gasteiger partial charge in [0.2, 0.25) is 5.95 Å². The van der Waals surface area contributed by atoms with Crippen molar-refractivity contribution in [1.82, 2.24) is 4.98 Å². The lowest BCUT2D eigenvalue weighted by molar-refractivity contribution is 0.581. The molecule has 0 saturated heterocycles. The van der Waals surface area contributed by atoms with Crippen LogP contribution in [0.25, 0.3) is 6.08 Å². The van der Waals surface area contributed by atoms with E-state index in [0.717, 1.165) is 0 Å². The topological polar surface area (TPSA) is 38.9 Å². The first-order valence-electron chi connectivity index (χ1n) is 3.31. The number of halogens is 1. The monoisotopic (exact) mass is 152 g/mol. The second-order valence-electron chi connectivity index (χ2n) is 2.02. The summed E-state index contributed by atoms with van der Waals surface area (Å²) in [6.45, 7) is 0.411. The Labute approximate surface area is 64.6 Å². The first kappa shape index (κ1) is 7.88. The van der Waals surface area contributed by atoms with Crippen molar-refractivity contribution in [3.63, 3.8) is 0 Å². The summed E-state index contributed by atoms with van der Waals surface area (Å²) < 4.78 is 12.7. The molecular weight excluding hydrogens is 143 g/mol. The average Bonchev–Trinajstić information content (AvgIpc) is 2.03. The molecule has 0 atom stereocenters. The number of pyridine rings is 1. The van der Waals surface area contributed by atoms with Gasteiger partial charge in [-0.2, -0.15) is 4.39 Å². The Morgan fingerprint density at radius 2 is 2.45 bits per heavy atom. The van der Waals surface area contributed by atoms with Gasteiger partial charge in [0.05, 0.1) is 0 Å². The van der Waals surface area contributed by atoms with Crippen LogP contribution in [0.5, 0.6) is 0 Å². The smallest absolute Gasteiger partial charge is 0.220 e. The first-order chi connectivity index (χ1) is 5.34. The van der Waals surface area contributed by atoms with E-state index >= 15 is 0 Å². The van der Waals surface area contributed by atoms with Crippen LogP contribution in [0.2, 0.25) is 0 Å². The molecule has 2 N–H and O–H groups in total. The van der Waals surface area contributed by atoms with Crippen molar-refractivity contribution in [2.75, 3.05) is 6.54 Å². The average molecular weight is 152 g/mol. The Hall–Kier alpha value is -1.22. The van der Waals surface area contributed by atoms with Crippen LogP contribution in [0.4, 0.5) is 4.39 Å². The fraction of sp³-hybridized carbons (Fsp3) is 0.125. The van der Waals surface area contributed by atoms with Crippen molar-refractivity contribution in [3.8, 4) is 0 Å². The number of nitrogens with zero attached hydrogens (tertiary/aromatic N) is 1. The highest BCUT2D eigenvalue weighted by molar-refractivity contribution is 5.48. The second-order valence-corrected chi connectivity index (χ2v) is 2.02. The van der Waals surface area contributed by atoms with E-state index in [1.807, 2.05) is 0 Å². The Morgan fingerprint density at radius 1 is 1.64 bits per heavy atom. The lowest BCUT2D eigenvalue weighted by Crippen LogP contribution is -1.93. The van der Waals surface area contributed by atoms with Gasteiger partial charge in [0.1, 0.15) is 0 Å². The van der Waals surface area contributed by atoms with Gasteiger partial charge in [-0.1, -0.05) is 12.2 Å². The quantitative estimate of drug-likeness (QED) is 0.646. The van der Waals surface area contributed by atoms with E-state index in [1.165, 1.54) is 6.20 Å². The Morgan fingerprint density at radius 3 is 3.09 bits per heavy atom. The second kappa shape index (κ2) is 3.83. The van der Waals surface area contributed by atoms with E-state index in [2.05, 4.69) is 4.98 Å². The summed E-state index contributed by atoms with van der Waals surface area (Å²) >= 11 is 0. The van der Waals surface area contributed by atoms with Crippen LogP contribution in [0.3, 0.4) is 0 Å². The molecule has 1 heterocycles. The van der Waals surface area contributed by atoms with Crippen molar-refractivity contribution in [3.05, 3.63) is 35.9 Å². The van der Waals surface area contributed by atoms with Gasteiger partial charge in [-0.15, -0.1) is 0 Å². The van der Waals surface area contributed by atoms with Crippen molar-refractivity contribution in [2.45, 2.75) is 0 Å². The number of aromatic nitrogens is 1. The van der Waals surface area contributed by atoms with Crippen LogP contribution in [-0.2, 0) is 0 Å². The molecule has 0 spiro atoms. The molecule has 0 unspecified atom stereocenters. The van der Waals surface area contributed by atoms with E-state index in [9.17, 15) is 4.39 Å². The predicted octanol–water partition coefficient (Wildman–Crippen LogP) is 1.19. The zero-order valence-corrected chi connectivity index (χ0v) is 6.00. The molecule has 3 heteroatoms. The van der Waals surface area contributed by atoms with Gasteiger partial charge in [-0.3, -0.25) is 0 Å². The zero-order valence-electron chi connectivity index (χ0n) is 6.00. The molecule has 0 amide bonds. The molecule has 2 nitrogen and oxygen atoms in total. The summed E-state index contributed by atoms with van der Waals surface area (Å²) in [5.74, 6) is -0.461. The molecule has 11 heavy (non-hydrogen) atoms. The maximum atomic E-state index is 12.7. The predicted molar refractivity (Wildman–Crippen MR) is 42.3 cm³/mol. The number of hydrogen-bond donors (Lipinski definition) is 1. The highest BCUT2D eigenvalue weighted by Crippen LogP contribution is 2.04. The molecule has 0 aliphatic heterocycles. The Kier molecular flexibility index (Phi) is 2.74. The van der Waals surface area contributed by atoms with Crippen molar-refractivity contribution < 1.29 is 4.39 Å². The van der Waals surface area contributed by atoms with E-state index in [1.54, 1.807) is 24.3 Å². The van der Waals surface area contributed by atoms with E-state index in [-0.39, 0.29) is 0 Å². The summed E-state index contributed by atoms with van der Waals surface area (Å²) in [5, 5.41) is 0. The first-order valence-corrected chi connectivity index (χ1v) is 3.31. The molecule has 0 fully saturated rings. The lowest BCUT2D eigenvalue weighted by atomic mass is 10.2. The lowest BCUT2D eigenvalue weighted by Gasteiger charge is -1.92. The standard InChI is InChI=1S/C8H9FN2/c9-8-7(3-1-5-10)4-2-6-11-8/h1-4,6H,5,10H2. The van der Waals surface area contributed by atoms with Crippen molar-refractivity contribution in [2.24, 2.45) is 5.73 Å². The fourth-order valence-electron chi connectivity index (χ4n) is 0.718. The Bertz CT molecular complexity index is 258. The molecule has 0 saturated carbocycles. The minimum Gasteiger partial charge on any atom is -0.327 e. The molecule has 0 bridgehead atoms. The molecule has 58 valence electrons. The van der Waals surface area contributed by atoms with E-state index < -0.39 is 5.95 Å². The summed E-state index contributed by atoms with van der Waals surface area (Å²) in [4.78, 5) is 3.47. The van der Waals surface area contributed by atoms with Crippen LogP contribution < -0.4 is 5.73 Å². The highest BCUT2D eigenvalue weighted by atomic mass is 19.1. The molecule has 1 aromatic heterocycles. The third kappa shape index (κ3) is 2.13. The van der Waals surface area contributed by atoms with Crippen molar-refractivity contribution >= 4 is 6.08 Å². The van der Waals surface area contributed by atoms with Crippen LogP contribution >= 0.6 is 0 Å². The van der Waals surface area contributed by atoms with Gasteiger partial charge in [0, 0.05) is 18.3 Å². The van der Waals surface area contributed by atoms with Gasteiger partial charge in [0.25, 0.3) is 0 Å². The van der Waals surface area contributed by atoms with Gasteiger partial charge in [-0.25, -0.2) is 4.98 Å². The molecule has 1 rings (SSSR count). The molecule has 0 aliphatic carbocycles. The van der Waals surface area contributed by atoms with Gasteiger partial charge >= 0.3 is 0 Å². The number of hydrogen-bond acceptors (Lipinski definition) is 2. The third-order valence-electron chi connectivity index (χ3n) is 1.22. The normalized spacial score (nSPS) is 10.7. The summed E-state index contributed by atoms with van der Waals surface area (Å²) in [7, 11) is 0. The van der Waals surface area contributed by atoms with Crippen LogP contribution in [0.1, 0.15) is 5.56 Å². The molecule has 0 aliphatic rings. The minimum absolute atomic E-state index is 0.411. The third-order valence-corrected chi connectivity index (χ3v) is 1.22. The zero-order chi connectivity index (χ0) is 8.10. The molecule has 1 aromatic rings. The van der Waals surface area contributed by atoms with Gasteiger partial charge in [-0.05, 0) is 12.1 Å². The maximum Gasteiger partial charge on any atom is 0.220 e. The summed E-state index contributed by atoms with van der Waals surface area (Å²) in [5.41, 5.74) is 5.67. The highest BCUT2D eigenvalue weighted by Gasteiger charge is 1.94. The van der Waals surface area contributed by atoms with E-state index in [0.29, 0.717) is 12.1 Å². The fourth-order valence-corrected chi connectivity index (χ4v) is 0.718. The largest absolute Gasteiger partial charge is 0.327 e. The van der Waals surface area contributed by atoms with Gasteiger partial charge in [0.15, 0.2) is 0 Å². The van der Waals surface area contributed by atoms with Crippen molar-refractivity contribution in [1.29, 1.82) is 0 Å². The van der Waals surface area contributed by atoms with Gasteiger partial charge < -0.3 is 5.73 Å². The molecule has 0 aromatic carbocycles. The van der Waals surface area contributed by atoms with Crippen LogP contribution in [0.15, 0.2) is 24.4 Å².